The summed E-state index contributed by atoms with van der Waals surface area (Å²) in [5.74, 6) is 0.0799. The summed E-state index contributed by atoms with van der Waals surface area (Å²) in [6, 6.07) is 5.59. The van der Waals surface area contributed by atoms with E-state index in [4.69, 9.17) is 11.6 Å². The van der Waals surface area contributed by atoms with Gasteiger partial charge >= 0.3 is 0 Å². The Morgan fingerprint density at radius 2 is 2.15 bits per heavy atom. The Labute approximate surface area is 125 Å². The fourth-order valence-electron chi connectivity index (χ4n) is 2.94. The highest BCUT2D eigenvalue weighted by Gasteiger charge is 2.28. The molecule has 2 rings (SSSR count). The summed E-state index contributed by atoms with van der Waals surface area (Å²) in [7, 11) is 0. The lowest BCUT2D eigenvalue weighted by Crippen LogP contribution is -2.53. The minimum atomic E-state index is -0.0606. The first-order valence-electron chi connectivity index (χ1n) is 7.14. The molecule has 2 unspecified atom stereocenters. The number of phenols is 1. The molecule has 0 aliphatic carbocycles. The van der Waals surface area contributed by atoms with Crippen molar-refractivity contribution in [3.8, 4) is 5.75 Å². The quantitative estimate of drug-likeness (QED) is 0.894. The van der Waals surface area contributed by atoms with Gasteiger partial charge in [-0.2, -0.15) is 0 Å². The molecule has 0 bridgehead atoms. The Bertz CT molecular complexity index is 455. The number of likely N-dealkylation sites (N-methyl/N-ethyl adjacent to an activating group) is 1. The number of aliphatic hydroxyl groups excluding tert-OH is 1. The highest BCUT2D eigenvalue weighted by molar-refractivity contribution is 6.32. The Morgan fingerprint density at radius 3 is 2.70 bits per heavy atom. The second-order valence-corrected chi connectivity index (χ2v) is 5.79. The maximum atomic E-state index is 9.74. The third-order valence-corrected chi connectivity index (χ3v) is 4.48. The number of phenolic OH excluding ortho intramolecular Hbond substituents is 1. The zero-order chi connectivity index (χ0) is 14.7. The van der Waals surface area contributed by atoms with Crippen molar-refractivity contribution in [3.63, 3.8) is 0 Å². The van der Waals surface area contributed by atoms with Crippen molar-refractivity contribution in [1.29, 1.82) is 0 Å². The number of hydrogen-bond donors (Lipinski definition) is 2. The number of rotatable bonds is 4. The minimum Gasteiger partial charge on any atom is -0.506 e. The molecule has 0 saturated carbocycles. The molecule has 1 aromatic carbocycles. The van der Waals surface area contributed by atoms with Crippen LogP contribution in [0.2, 0.25) is 5.02 Å². The van der Waals surface area contributed by atoms with Gasteiger partial charge in [-0.15, -0.1) is 0 Å². The topological polar surface area (TPSA) is 46.9 Å². The standard InChI is InChI=1S/C15H23ClN2O2/c1-3-17-6-7-18(9-11(17)2)14(10-19)12-4-5-15(20)13(16)8-12/h4-5,8,11,14,19-20H,3,6-7,9-10H2,1-2H3. The lowest BCUT2D eigenvalue weighted by molar-refractivity contribution is 0.0367. The van der Waals surface area contributed by atoms with Crippen LogP contribution < -0.4 is 0 Å². The van der Waals surface area contributed by atoms with Crippen LogP contribution in [0.25, 0.3) is 0 Å². The summed E-state index contributed by atoms with van der Waals surface area (Å²) in [4.78, 5) is 4.73. The van der Waals surface area contributed by atoms with Crippen molar-refractivity contribution in [1.82, 2.24) is 9.80 Å². The number of halogens is 1. The average Bonchev–Trinajstić information content (AvgIpc) is 2.44. The lowest BCUT2D eigenvalue weighted by Gasteiger charge is -2.42. The van der Waals surface area contributed by atoms with Crippen LogP contribution in [0.3, 0.4) is 0 Å². The maximum Gasteiger partial charge on any atom is 0.134 e. The molecule has 1 fully saturated rings. The molecule has 0 spiro atoms. The summed E-state index contributed by atoms with van der Waals surface area (Å²) in [6.45, 7) is 8.38. The second kappa shape index (κ2) is 6.76. The predicted molar refractivity (Wildman–Crippen MR) is 81.2 cm³/mol. The van der Waals surface area contributed by atoms with Crippen molar-refractivity contribution in [2.24, 2.45) is 0 Å². The van der Waals surface area contributed by atoms with Crippen molar-refractivity contribution >= 4 is 11.6 Å². The average molecular weight is 299 g/mol. The summed E-state index contributed by atoms with van der Waals surface area (Å²) < 4.78 is 0. The Kier molecular flexibility index (Phi) is 5.27. The zero-order valence-electron chi connectivity index (χ0n) is 12.1. The molecule has 2 N–H and O–H groups in total. The van der Waals surface area contributed by atoms with Crippen LogP contribution in [0.1, 0.15) is 25.5 Å². The molecule has 0 amide bonds. The van der Waals surface area contributed by atoms with Gasteiger partial charge in [0.05, 0.1) is 17.7 Å². The van der Waals surface area contributed by atoms with Gasteiger partial charge in [-0.05, 0) is 31.2 Å². The van der Waals surface area contributed by atoms with E-state index in [1.807, 2.05) is 6.07 Å². The van der Waals surface area contributed by atoms with Crippen LogP contribution in [0, 0.1) is 0 Å². The number of aromatic hydroxyl groups is 1. The van der Waals surface area contributed by atoms with E-state index in [0.29, 0.717) is 11.1 Å². The van der Waals surface area contributed by atoms with Crippen LogP contribution >= 0.6 is 11.6 Å². The number of benzene rings is 1. The third kappa shape index (κ3) is 3.26. The highest BCUT2D eigenvalue weighted by atomic mass is 35.5. The van der Waals surface area contributed by atoms with E-state index in [0.717, 1.165) is 31.7 Å². The van der Waals surface area contributed by atoms with E-state index >= 15 is 0 Å². The van der Waals surface area contributed by atoms with Crippen LogP contribution in [0.4, 0.5) is 0 Å². The smallest absolute Gasteiger partial charge is 0.134 e. The molecule has 1 saturated heterocycles. The molecule has 1 aliphatic rings. The van der Waals surface area contributed by atoms with Crippen LogP contribution in [-0.4, -0.2) is 58.8 Å². The molecule has 0 aromatic heterocycles. The van der Waals surface area contributed by atoms with Gasteiger partial charge in [0.1, 0.15) is 5.75 Å². The Balaban J connectivity index is 2.14. The van der Waals surface area contributed by atoms with Crippen molar-refractivity contribution in [3.05, 3.63) is 28.8 Å². The minimum absolute atomic E-state index is 0.0555. The van der Waals surface area contributed by atoms with Gasteiger partial charge in [0.15, 0.2) is 0 Å². The van der Waals surface area contributed by atoms with Gasteiger partial charge in [-0.25, -0.2) is 0 Å². The summed E-state index contributed by atoms with van der Waals surface area (Å²) in [5.41, 5.74) is 0.951. The molecule has 2 atom stereocenters. The van der Waals surface area contributed by atoms with E-state index in [-0.39, 0.29) is 18.4 Å². The summed E-state index contributed by atoms with van der Waals surface area (Å²) in [6.07, 6.45) is 0. The molecule has 1 aromatic rings. The monoisotopic (exact) mass is 298 g/mol. The van der Waals surface area contributed by atoms with E-state index < -0.39 is 0 Å². The van der Waals surface area contributed by atoms with Gasteiger partial charge < -0.3 is 10.2 Å². The Morgan fingerprint density at radius 1 is 1.40 bits per heavy atom. The molecule has 20 heavy (non-hydrogen) atoms. The predicted octanol–water partition coefficient (Wildman–Crippen LogP) is 2.10. The first kappa shape index (κ1) is 15.6. The summed E-state index contributed by atoms with van der Waals surface area (Å²) >= 11 is 5.97. The molecular formula is C15H23ClN2O2. The SMILES string of the molecule is CCN1CCN(C(CO)c2ccc(O)c(Cl)c2)CC1C. The van der Waals surface area contributed by atoms with Crippen LogP contribution in [0.5, 0.6) is 5.75 Å². The molecule has 1 aliphatic heterocycles. The molecule has 0 radical (unpaired) electrons. The fourth-order valence-corrected chi connectivity index (χ4v) is 3.13. The van der Waals surface area contributed by atoms with E-state index in [1.54, 1.807) is 12.1 Å². The van der Waals surface area contributed by atoms with Crippen molar-refractivity contribution in [2.75, 3.05) is 32.8 Å². The van der Waals surface area contributed by atoms with Gasteiger partial charge in [0.25, 0.3) is 0 Å². The summed E-state index contributed by atoms with van der Waals surface area (Å²) in [5, 5.41) is 19.6. The van der Waals surface area contributed by atoms with E-state index in [9.17, 15) is 10.2 Å². The van der Waals surface area contributed by atoms with E-state index in [1.165, 1.54) is 0 Å². The molecule has 1 heterocycles. The Hall–Kier alpha value is -0.810. The number of aliphatic hydroxyl groups is 1. The van der Waals surface area contributed by atoms with Crippen molar-refractivity contribution in [2.45, 2.75) is 25.9 Å². The number of nitrogens with zero attached hydrogens (tertiary/aromatic N) is 2. The third-order valence-electron chi connectivity index (χ3n) is 4.17. The zero-order valence-corrected chi connectivity index (χ0v) is 12.8. The van der Waals surface area contributed by atoms with Gasteiger partial charge in [0.2, 0.25) is 0 Å². The molecular weight excluding hydrogens is 276 g/mol. The fraction of sp³-hybridized carbons (Fsp3) is 0.600. The van der Waals surface area contributed by atoms with Gasteiger partial charge in [-0.1, -0.05) is 24.6 Å². The largest absolute Gasteiger partial charge is 0.506 e. The van der Waals surface area contributed by atoms with Crippen LogP contribution in [0.15, 0.2) is 18.2 Å². The molecule has 4 nitrogen and oxygen atoms in total. The molecule has 112 valence electrons. The second-order valence-electron chi connectivity index (χ2n) is 5.38. The van der Waals surface area contributed by atoms with Crippen LogP contribution in [-0.2, 0) is 0 Å². The highest BCUT2D eigenvalue weighted by Crippen LogP contribution is 2.30. The first-order valence-corrected chi connectivity index (χ1v) is 7.52. The lowest BCUT2D eigenvalue weighted by atomic mass is 10.0. The van der Waals surface area contributed by atoms with E-state index in [2.05, 4.69) is 23.6 Å². The van der Waals surface area contributed by atoms with Gasteiger partial charge in [0, 0.05) is 25.7 Å². The number of piperazine rings is 1. The van der Waals surface area contributed by atoms with Crippen molar-refractivity contribution < 1.29 is 10.2 Å². The van der Waals surface area contributed by atoms with Gasteiger partial charge in [-0.3, -0.25) is 9.80 Å². The number of hydrogen-bond acceptors (Lipinski definition) is 4. The maximum absolute atomic E-state index is 9.74. The normalized spacial score (nSPS) is 22.9. The molecule has 5 heteroatoms. The first-order chi connectivity index (χ1) is 9.56.